The van der Waals surface area contributed by atoms with Crippen molar-refractivity contribution in [3.8, 4) is 5.75 Å². The first-order valence-corrected chi connectivity index (χ1v) is 8.01. The monoisotopic (exact) mass is 305 g/mol. The van der Waals surface area contributed by atoms with Crippen molar-refractivity contribution in [1.82, 2.24) is 10.2 Å². The van der Waals surface area contributed by atoms with Gasteiger partial charge in [0.25, 0.3) is 0 Å². The van der Waals surface area contributed by atoms with Gasteiger partial charge in [-0.15, -0.1) is 0 Å². The molecule has 2 atom stereocenters. The van der Waals surface area contributed by atoms with Crippen molar-refractivity contribution >= 4 is 5.91 Å². The molecule has 1 heterocycles. The van der Waals surface area contributed by atoms with Gasteiger partial charge in [0.05, 0.1) is 13.2 Å². The molecule has 122 valence electrons. The summed E-state index contributed by atoms with van der Waals surface area (Å²) in [4.78, 5) is 14.4. The van der Waals surface area contributed by atoms with E-state index in [0.29, 0.717) is 13.1 Å². The lowest BCUT2D eigenvalue weighted by atomic mass is 10.0. The largest absolute Gasteiger partial charge is 0.497 e. The molecule has 0 spiro atoms. The quantitative estimate of drug-likeness (QED) is 0.802. The van der Waals surface area contributed by atoms with E-state index in [1.54, 1.807) is 7.11 Å². The number of benzene rings is 1. The van der Waals surface area contributed by atoms with Gasteiger partial charge in [-0.2, -0.15) is 0 Å². The van der Waals surface area contributed by atoms with Gasteiger partial charge in [-0.05, 0) is 43.6 Å². The highest BCUT2D eigenvalue weighted by Crippen LogP contribution is 2.27. The molecule has 1 aromatic rings. The second kappa shape index (κ2) is 8.15. The van der Waals surface area contributed by atoms with Crippen LogP contribution in [0.4, 0.5) is 0 Å². The first kappa shape index (κ1) is 16.8. The summed E-state index contributed by atoms with van der Waals surface area (Å²) in [6, 6.07) is 8.29. The summed E-state index contributed by atoms with van der Waals surface area (Å²) in [6.07, 6.45) is 2.43. The average Bonchev–Trinajstić information content (AvgIpc) is 3.08. The van der Waals surface area contributed by atoms with Crippen LogP contribution in [0.2, 0.25) is 0 Å². The van der Waals surface area contributed by atoms with Gasteiger partial charge in [-0.3, -0.25) is 9.69 Å². The van der Waals surface area contributed by atoms with Crippen LogP contribution in [0.1, 0.15) is 31.4 Å². The normalized spacial score (nSPS) is 18.0. The lowest BCUT2D eigenvalue weighted by Crippen LogP contribution is -2.40. The van der Waals surface area contributed by atoms with Gasteiger partial charge in [0.15, 0.2) is 0 Å². The van der Waals surface area contributed by atoms with Crippen LogP contribution in [-0.2, 0) is 4.79 Å². The van der Waals surface area contributed by atoms with Gasteiger partial charge < -0.3 is 15.8 Å². The molecular weight excluding hydrogens is 278 g/mol. The Balaban J connectivity index is 2.10. The molecule has 0 radical (unpaired) electrons. The Hall–Kier alpha value is -1.59. The Bertz CT molecular complexity index is 487. The maximum atomic E-state index is 12.0. The van der Waals surface area contributed by atoms with E-state index >= 15 is 0 Å². The van der Waals surface area contributed by atoms with E-state index < -0.39 is 0 Å². The molecular formula is C17H27N3O2. The predicted molar refractivity (Wildman–Crippen MR) is 87.8 cm³/mol. The first-order chi connectivity index (χ1) is 10.7. The van der Waals surface area contributed by atoms with E-state index in [2.05, 4.69) is 22.3 Å². The van der Waals surface area contributed by atoms with Crippen molar-refractivity contribution in [2.45, 2.75) is 25.8 Å². The number of likely N-dealkylation sites (tertiary alicyclic amines) is 1. The molecule has 0 bridgehead atoms. The fraction of sp³-hybridized carbons (Fsp3) is 0.588. The van der Waals surface area contributed by atoms with E-state index in [1.807, 2.05) is 19.1 Å². The van der Waals surface area contributed by atoms with E-state index in [0.717, 1.165) is 18.8 Å². The third kappa shape index (κ3) is 4.21. The topological polar surface area (TPSA) is 67.6 Å². The summed E-state index contributed by atoms with van der Waals surface area (Å²) in [6.45, 7) is 4.98. The molecule has 5 nitrogen and oxygen atoms in total. The summed E-state index contributed by atoms with van der Waals surface area (Å²) >= 11 is 0. The third-order valence-corrected chi connectivity index (χ3v) is 4.33. The molecule has 1 aliphatic rings. The number of methoxy groups -OCH3 is 1. The number of carbonyl (C=O) groups is 1. The van der Waals surface area contributed by atoms with Crippen LogP contribution >= 0.6 is 0 Å². The van der Waals surface area contributed by atoms with Gasteiger partial charge in [0.1, 0.15) is 5.75 Å². The summed E-state index contributed by atoms with van der Waals surface area (Å²) in [7, 11) is 1.68. The highest BCUT2D eigenvalue weighted by molar-refractivity contribution is 5.78. The Morgan fingerprint density at radius 3 is 2.77 bits per heavy atom. The molecule has 1 aliphatic heterocycles. The standard InChI is InChI=1S/C17H27N3O2/c1-13(11-18)17(21)19-12-16(20-8-3-4-9-20)14-6-5-7-15(10-14)22-2/h5-7,10,13,16H,3-4,8-9,11-12,18H2,1-2H3,(H,19,21). The van der Waals surface area contributed by atoms with Crippen LogP contribution in [0.5, 0.6) is 5.75 Å². The molecule has 22 heavy (non-hydrogen) atoms. The molecule has 2 rings (SSSR count). The van der Waals surface area contributed by atoms with Gasteiger partial charge >= 0.3 is 0 Å². The second-order valence-corrected chi connectivity index (χ2v) is 5.92. The summed E-state index contributed by atoms with van der Waals surface area (Å²) in [5.74, 6) is 0.725. The number of rotatable bonds is 7. The van der Waals surface area contributed by atoms with E-state index in [9.17, 15) is 4.79 Å². The number of hydrogen-bond acceptors (Lipinski definition) is 4. The summed E-state index contributed by atoms with van der Waals surface area (Å²) in [5, 5.41) is 3.04. The van der Waals surface area contributed by atoms with E-state index in [4.69, 9.17) is 10.5 Å². The third-order valence-electron chi connectivity index (χ3n) is 4.33. The molecule has 0 aliphatic carbocycles. The van der Waals surface area contributed by atoms with Crippen molar-refractivity contribution in [1.29, 1.82) is 0 Å². The molecule has 2 unspecified atom stereocenters. The minimum absolute atomic E-state index is 0.0228. The summed E-state index contributed by atoms with van der Waals surface area (Å²) in [5.41, 5.74) is 6.75. The number of carbonyl (C=O) groups excluding carboxylic acids is 1. The van der Waals surface area contributed by atoms with Gasteiger partial charge in [0.2, 0.25) is 5.91 Å². The SMILES string of the molecule is COc1cccc(C(CNC(=O)C(C)CN)N2CCCC2)c1. The number of nitrogens with two attached hydrogens (primary N) is 1. The maximum Gasteiger partial charge on any atom is 0.224 e. The smallest absolute Gasteiger partial charge is 0.224 e. The molecule has 1 amide bonds. The van der Waals surface area contributed by atoms with E-state index in [-0.39, 0.29) is 17.9 Å². The number of ether oxygens (including phenoxy) is 1. The van der Waals surface area contributed by atoms with Gasteiger partial charge in [-0.25, -0.2) is 0 Å². The van der Waals surface area contributed by atoms with Crippen molar-refractivity contribution < 1.29 is 9.53 Å². The minimum Gasteiger partial charge on any atom is -0.497 e. The van der Waals surface area contributed by atoms with Gasteiger partial charge in [0, 0.05) is 19.0 Å². The van der Waals surface area contributed by atoms with Crippen molar-refractivity contribution in [2.24, 2.45) is 11.7 Å². The number of amides is 1. The zero-order chi connectivity index (χ0) is 15.9. The summed E-state index contributed by atoms with van der Waals surface area (Å²) < 4.78 is 5.33. The lowest BCUT2D eigenvalue weighted by Gasteiger charge is -2.29. The minimum atomic E-state index is -0.149. The van der Waals surface area contributed by atoms with Crippen LogP contribution in [0.25, 0.3) is 0 Å². The van der Waals surface area contributed by atoms with E-state index in [1.165, 1.54) is 18.4 Å². The average molecular weight is 305 g/mol. The number of hydrogen-bond donors (Lipinski definition) is 2. The fourth-order valence-electron chi connectivity index (χ4n) is 2.84. The van der Waals surface area contributed by atoms with Gasteiger partial charge in [-0.1, -0.05) is 19.1 Å². The molecule has 0 saturated carbocycles. The molecule has 0 aromatic heterocycles. The van der Waals surface area contributed by atoms with Crippen LogP contribution < -0.4 is 15.8 Å². The Kier molecular flexibility index (Phi) is 6.21. The highest BCUT2D eigenvalue weighted by Gasteiger charge is 2.24. The Morgan fingerprint density at radius 1 is 1.41 bits per heavy atom. The van der Waals surface area contributed by atoms with Crippen LogP contribution in [0.15, 0.2) is 24.3 Å². The van der Waals surface area contributed by atoms with Crippen molar-refractivity contribution in [3.05, 3.63) is 29.8 Å². The zero-order valence-corrected chi connectivity index (χ0v) is 13.5. The van der Waals surface area contributed by atoms with Crippen molar-refractivity contribution in [3.63, 3.8) is 0 Å². The van der Waals surface area contributed by atoms with Crippen LogP contribution in [-0.4, -0.2) is 44.1 Å². The first-order valence-electron chi connectivity index (χ1n) is 8.01. The Morgan fingerprint density at radius 2 is 2.14 bits per heavy atom. The van der Waals surface area contributed by atoms with Crippen molar-refractivity contribution in [2.75, 3.05) is 33.3 Å². The maximum absolute atomic E-state index is 12.0. The lowest BCUT2D eigenvalue weighted by molar-refractivity contribution is -0.124. The zero-order valence-electron chi connectivity index (χ0n) is 13.5. The number of nitrogens with one attached hydrogen (secondary N) is 1. The highest BCUT2D eigenvalue weighted by atomic mass is 16.5. The molecule has 1 aromatic carbocycles. The molecule has 1 fully saturated rings. The molecule has 1 saturated heterocycles. The van der Waals surface area contributed by atoms with Crippen LogP contribution in [0.3, 0.4) is 0 Å². The number of nitrogens with zero attached hydrogens (tertiary/aromatic N) is 1. The predicted octanol–water partition coefficient (Wildman–Crippen LogP) is 1.54. The fourth-order valence-corrected chi connectivity index (χ4v) is 2.84. The second-order valence-electron chi connectivity index (χ2n) is 5.92. The Labute approximate surface area is 132 Å². The van der Waals surface area contributed by atoms with Crippen LogP contribution in [0, 0.1) is 5.92 Å². The molecule has 3 N–H and O–H groups in total. The molecule has 5 heteroatoms.